The molecule has 0 nitrogen and oxygen atoms in total. The van der Waals surface area contributed by atoms with Crippen LogP contribution in [0.2, 0.25) is 5.02 Å². The van der Waals surface area contributed by atoms with Gasteiger partial charge in [-0.25, -0.2) is 8.78 Å². The fourth-order valence-electron chi connectivity index (χ4n) is 1.63. The fourth-order valence-corrected chi connectivity index (χ4v) is 3.97. The van der Waals surface area contributed by atoms with Gasteiger partial charge in [-0.3, -0.25) is 0 Å². The van der Waals surface area contributed by atoms with Crippen molar-refractivity contribution < 1.29 is 8.78 Å². The minimum absolute atomic E-state index is 0.0661. The van der Waals surface area contributed by atoms with Gasteiger partial charge in [0.25, 0.3) is 0 Å². The number of rotatable bonds is 3. The Bertz CT molecular complexity index is 568. The highest BCUT2D eigenvalue weighted by molar-refractivity contribution is 9.09. The molecule has 2 aromatic rings. The number of benzene rings is 1. The van der Waals surface area contributed by atoms with Gasteiger partial charge >= 0.3 is 0 Å². The van der Waals surface area contributed by atoms with Crippen molar-refractivity contribution >= 4 is 38.9 Å². The van der Waals surface area contributed by atoms with Gasteiger partial charge in [-0.1, -0.05) is 33.6 Å². The summed E-state index contributed by atoms with van der Waals surface area (Å²) in [4.78, 5) is 0.904. The van der Waals surface area contributed by atoms with Gasteiger partial charge in [-0.15, -0.1) is 11.3 Å². The molecule has 1 heterocycles. The van der Waals surface area contributed by atoms with Crippen molar-refractivity contribution in [3.8, 4) is 0 Å². The van der Waals surface area contributed by atoms with Gasteiger partial charge in [-0.2, -0.15) is 0 Å². The van der Waals surface area contributed by atoms with E-state index in [4.69, 9.17) is 11.6 Å². The Hall–Kier alpha value is -0.450. The maximum Gasteiger partial charge on any atom is 0.129 e. The standard InChI is InChI=1S/C13H10BrClF2S/c1-7-6-18-13(12(7)15)10(14)4-8-2-3-9(16)5-11(8)17/h2-3,5-6,10H,4H2,1H3. The summed E-state index contributed by atoms with van der Waals surface area (Å²) in [6, 6.07) is 3.63. The lowest BCUT2D eigenvalue weighted by atomic mass is 10.1. The monoisotopic (exact) mass is 350 g/mol. The largest absolute Gasteiger partial charge is 0.207 e. The number of hydrogen-bond acceptors (Lipinski definition) is 1. The second-order valence-electron chi connectivity index (χ2n) is 4.00. The van der Waals surface area contributed by atoms with Gasteiger partial charge < -0.3 is 0 Å². The van der Waals surface area contributed by atoms with E-state index in [2.05, 4.69) is 15.9 Å². The van der Waals surface area contributed by atoms with E-state index >= 15 is 0 Å². The van der Waals surface area contributed by atoms with Crippen LogP contribution in [0.15, 0.2) is 23.6 Å². The number of halogens is 4. The van der Waals surface area contributed by atoms with E-state index < -0.39 is 11.6 Å². The van der Waals surface area contributed by atoms with E-state index in [9.17, 15) is 8.78 Å². The second kappa shape index (κ2) is 5.68. The molecule has 0 spiro atoms. The zero-order chi connectivity index (χ0) is 13.3. The third-order valence-corrected chi connectivity index (χ3v) is 5.54. The average Bonchev–Trinajstić information content (AvgIpc) is 2.64. The minimum atomic E-state index is -0.563. The smallest absolute Gasteiger partial charge is 0.129 e. The first-order chi connectivity index (χ1) is 8.49. The molecule has 0 saturated heterocycles. The van der Waals surface area contributed by atoms with Crippen LogP contribution in [-0.4, -0.2) is 0 Å². The van der Waals surface area contributed by atoms with Crippen molar-refractivity contribution in [2.75, 3.05) is 0 Å². The van der Waals surface area contributed by atoms with E-state index in [1.165, 1.54) is 23.5 Å². The molecule has 1 aromatic heterocycles. The highest BCUT2D eigenvalue weighted by atomic mass is 79.9. The van der Waals surface area contributed by atoms with Gasteiger partial charge in [0, 0.05) is 10.9 Å². The first-order valence-corrected chi connectivity index (χ1v) is 7.48. The quantitative estimate of drug-likeness (QED) is 0.625. The van der Waals surface area contributed by atoms with E-state index in [0.29, 0.717) is 17.0 Å². The SMILES string of the molecule is Cc1csc(C(Br)Cc2ccc(F)cc2F)c1Cl. The maximum absolute atomic E-state index is 13.5. The average molecular weight is 352 g/mol. The van der Waals surface area contributed by atoms with Crippen molar-refractivity contribution in [1.82, 2.24) is 0 Å². The highest BCUT2D eigenvalue weighted by Crippen LogP contribution is 2.38. The molecule has 5 heteroatoms. The topological polar surface area (TPSA) is 0 Å². The lowest BCUT2D eigenvalue weighted by Crippen LogP contribution is -1.97. The Morgan fingerprint density at radius 1 is 1.39 bits per heavy atom. The van der Waals surface area contributed by atoms with Crippen molar-refractivity contribution in [2.24, 2.45) is 0 Å². The van der Waals surface area contributed by atoms with Crippen LogP contribution in [0.5, 0.6) is 0 Å². The Morgan fingerprint density at radius 2 is 2.11 bits per heavy atom. The van der Waals surface area contributed by atoms with Crippen LogP contribution in [0.3, 0.4) is 0 Å². The van der Waals surface area contributed by atoms with Crippen LogP contribution in [0.1, 0.15) is 20.8 Å². The predicted octanol–water partition coefficient (Wildman–Crippen LogP) is 5.67. The molecular weight excluding hydrogens is 342 g/mol. The molecule has 2 rings (SSSR count). The molecule has 1 aromatic carbocycles. The van der Waals surface area contributed by atoms with E-state index in [1.54, 1.807) is 0 Å². The molecule has 0 N–H and O–H groups in total. The molecule has 0 fully saturated rings. The number of aryl methyl sites for hydroxylation is 1. The molecular formula is C13H10BrClF2S. The van der Waals surface area contributed by atoms with Crippen LogP contribution >= 0.6 is 38.9 Å². The Kier molecular flexibility index (Phi) is 4.41. The highest BCUT2D eigenvalue weighted by Gasteiger charge is 2.17. The van der Waals surface area contributed by atoms with Crippen molar-refractivity contribution in [2.45, 2.75) is 18.2 Å². The lowest BCUT2D eigenvalue weighted by molar-refractivity contribution is 0.571. The Labute approximate surface area is 122 Å². The lowest BCUT2D eigenvalue weighted by Gasteiger charge is -2.09. The van der Waals surface area contributed by atoms with Crippen molar-refractivity contribution in [3.05, 3.63) is 56.2 Å². The van der Waals surface area contributed by atoms with E-state index in [0.717, 1.165) is 16.5 Å². The molecule has 0 radical (unpaired) electrons. The Balaban J connectivity index is 2.21. The maximum atomic E-state index is 13.5. The summed E-state index contributed by atoms with van der Waals surface area (Å²) in [5.41, 5.74) is 1.49. The molecule has 96 valence electrons. The van der Waals surface area contributed by atoms with Crippen LogP contribution in [0.4, 0.5) is 8.78 Å². The third-order valence-electron chi connectivity index (χ3n) is 2.62. The molecule has 18 heavy (non-hydrogen) atoms. The van der Waals surface area contributed by atoms with E-state index in [1.807, 2.05) is 12.3 Å². The van der Waals surface area contributed by atoms with Gasteiger partial charge in [0.1, 0.15) is 11.6 Å². The van der Waals surface area contributed by atoms with Gasteiger partial charge in [0.15, 0.2) is 0 Å². The summed E-state index contributed by atoms with van der Waals surface area (Å²) < 4.78 is 26.3. The van der Waals surface area contributed by atoms with Crippen LogP contribution in [0.25, 0.3) is 0 Å². The first kappa shape index (κ1) is 14.0. The summed E-state index contributed by atoms with van der Waals surface area (Å²) >= 11 is 11.2. The van der Waals surface area contributed by atoms with Gasteiger partial charge in [0.05, 0.1) is 9.85 Å². The van der Waals surface area contributed by atoms with Gasteiger partial charge in [-0.05, 0) is 35.9 Å². The van der Waals surface area contributed by atoms with Gasteiger partial charge in [0.2, 0.25) is 0 Å². The second-order valence-corrected chi connectivity index (χ2v) is 6.40. The summed E-state index contributed by atoms with van der Waals surface area (Å²) in [6.45, 7) is 1.93. The van der Waals surface area contributed by atoms with Crippen LogP contribution in [-0.2, 0) is 6.42 Å². The molecule has 0 bridgehead atoms. The number of alkyl halides is 1. The van der Waals surface area contributed by atoms with E-state index in [-0.39, 0.29) is 4.83 Å². The first-order valence-electron chi connectivity index (χ1n) is 5.30. The zero-order valence-electron chi connectivity index (χ0n) is 9.51. The predicted molar refractivity (Wildman–Crippen MR) is 75.8 cm³/mol. The third kappa shape index (κ3) is 2.92. The molecule has 0 aliphatic rings. The normalized spacial score (nSPS) is 12.7. The summed E-state index contributed by atoms with van der Waals surface area (Å²) in [5, 5.41) is 2.68. The van der Waals surface area contributed by atoms with Crippen LogP contribution in [0, 0.1) is 18.6 Å². The summed E-state index contributed by atoms with van der Waals surface area (Å²) in [7, 11) is 0. The Morgan fingerprint density at radius 3 is 2.67 bits per heavy atom. The molecule has 1 atom stereocenters. The van der Waals surface area contributed by atoms with Crippen LogP contribution < -0.4 is 0 Å². The molecule has 1 unspecified atom stereocenters. The molecule has 0 aliphatic carbocycles. The molecule has 0 amide bonds. The molecule has 0 saturated carbocycles. The summed E-state index contributed by atoms with van der Waals surface area (Å²) in [6.07, 6.45) is 0.436. The zero-order valence-corrected chi connectivity index (χ0v) is 12.7. The summed E-state index contributed by atoms with van der Waals surface area (Å²) in [5.74, 6) is -1.09. The number of hydrogen-bond donors (Lipinski definition) is 0. The number of thiophene rings is 1. The van der Waals surface area contributed by atoms with Crippen molar-refractivity contribution in [1.29, 1.82) is 0 Å². The molecule has 0 aliphatic heterocycles. The van der Waals surface area contributed by atoms with Crippen molar-refractivity contribution in [3.63, 3.8) is 0 Å². The fraction of sp³-hybridized carbons (Fsp3) is 0.231. The minimum Gasteiger partial charge on any atom is -0.207 e.